The van der Waals surface area contributed by atoms with Crippen LogP contribution in [0.15, 0.2) is 18.2 Å². The number of anilines is 2. The normalized spacial score (nSPS) is 10.3. The first-order valence-electron chi connectivity index (χ1n) is 6.50. The summed E-state index contributed by atoms with van der Waals surface area (Å²) in [6.45, 7) is 5.03. The molecule has 3 N–H and O–H groups in total. The molecule has 5 heteroatoms. The first kappa shape index (κ1) is 14.7. The maximum atomic E-state index is 8.54. The van der Waals surface area contributed by atoms with Gasteiger partial charge in [0.1, 0.15) is 11.6 Å². The summed E-state index contributed by atoms with van der Waals surface area (Å²) in [5, 5.41) is 15.0. The summed E-state index contributed by atoms with van der Waals surface area (Å²) in [7, 11) is 0. The molecule has 1 aromatic rings. The molecular weight excluding hydrogens is 230 g/mol. The number of nitrogens with zero attached hydrogens (tertiary/aromatic N) is 1. The number of hydrogen-bond donors (Lipinski definition) is 3. The van der Waals surface area contributed by atoms with E-state index < -0.39 is 0 Å². The minimum atomic E-state index is 0.0835. The largest absolute Gasteiger partial charge is 0.394 e. The zero-order valence-corrected chi connectivity index (χ0v) is 11.0. The van der Waals surface area contributed by atoms with E-state index in [2.05, 4.69) is 22.5 Å². The molecular formula is C13H23N3O2. The molecule has 0 bridgehead atoms. The van der Waals surface area contributed by atoms with E-state index in [1.165, 1.54) is 0 Å². The van der Waals surface area contributed by atoms with Crippen LogP contribution in [0.1, 0.15) is 19.8 Å². The topological polar surface area (TPSA) is 66.4 Å². The molecule has 1 rings (SSSR count). The van der Waals surface area contributed by atoms with Crippen LogP contribution >= 0.6 is 0 Å². The summed E-state index contributed by atoms with van der Waals surface area (Å²) in [6.07, 6.45) is 1.98. The highest BCUT2D eigenvalue weighted by Crippen LogP contribution is 2.08. The fourth-order valence-electron chi connectivity index (χ4n) is 1.44. The van der Waals surface area contributed by atoms with Crippen LogP contribution in [0.4, 0.5) is 11.6 Å². The van der Waals surface area contributed by atoms with Crippen molar-refractivity contribution >= 4 is 11.6 Å². The van der Waals surface area contributed by atoms with Gasteiger partial charge in [-0.05, 0) is 25.0 Å². The van der Waals surface area contributed by atoms with Crippen LogP contribution < -0.4 is 10.6 Å². The van der Waals surface area contributed by atoms with Crippen LogP contribution in [0.2, 0.25) is 0 Å². The molecule has 0 aliphatic heterocycles. The lowest BCUT2D eigenvalue weighted by Gasteiger charge is -2.08. The van der Waals surface area contributed by atoms with Gasteiger partial charge in [-0.2, -0.15) is 0 Å². The molecule has 18 heavy (non-hydrogen) atoms. The molecule has 1 aromatic heterocycles. The van der Waals surface area contributed by atoms with E-state index in [-0.39, 0.29) is 6.61 Å². The summed E-state index contributed by atoms with van der Waals surface area (Å²) in [6, 6.07) is 5.90. The van der Waals surface area contributed by atoms with Crippen molar-refractivity contribution in [3.05, 3.63) is 18.2 Å². The number of rotatable bonds is 10. The monoisotopic (exact) mass is 253 g/mol. The maximum Gasteiger partial charge on any atom is 0.128 e. The van der Waals surface area contributed by atoms with Crippen LogP contribution in [-0.4, -0.2) is 43.0 Å². The van der Waals surface area contributed by atoms with E-state index in [9.17, 15) is 0 Å². The van der Waals surface area contributed by atoms with Gasteiger partial charge in [0.2, 0.25) is 0 Å². The van der Waals surface area contributed by atoms with Crippen LogP contribution in [0.5, 0.6) is 0 Å². The van der Waals surface area contributed by atoms with Crippen molar-refractivity contribution in [3.8, 4) is 0 Å². The minimum Gasteiger partial charge on any atom is -0.394 e. The van der Waals surface area contributed by atoms with Crippen molar-refractivity contribution in [2.75, 3.05) is 43.5 Å². The number of ether oxygens (including phenoxy) is 1. The lowest BCUT2D eigenvalue weighted by molar-refractivity contribution is 0.0922. The van der Waals surface area contributed by atoms with Crippen molar-refractivity contribution in [2.45, 2.75) is 19.8 Å². The number of aromatic nitrogens is 1. The second-order valence-electron chi connectivity index (χ2n) is 3.95. The number of aliphatic hydroxyl groups is 1. The molecule has 0 unspecified atom stereocenters. The summed E-state index contributed by atoms with van der Waals surface area (Å²) in [5.74, 6) is 1.77. The van der Waals surface area contributed by atoms with Gasteiger partial charge in [-0.3, -0.25) is 0 Å². The Labute approximate surface area is 109 Å². The van der Waals surface area contributed by atoms with Gasteiger partial charge in [-0.15, -0.1) is 0 Å². The Bertz CT molecular complexity index is 321. The minimum absolute atomic E-state index is 0.0835. The average molecular weight is 253 g/mol. The van der Waals surface area contributed by atoms with E-state index in [1.807, 2.05) is 18.2 Å². The summed E-state index contributed by atoms with van der Waals surface area (Å²) in [5.41, 5.74) is 0. The molecule has 1 heterocycles. The lowest BCUT2D eigenvalue weighted by Crippen LogP contribution is -2.09. The van der Waals surface area contributed by atoms with Crippen molar-refractivity contribution < 1.29 is 9.84 Å². The van der Waals surface area contributed by atoms with E-state index in [0.29, 0.717) is 13.2 Å². The highest BCUT2D eigenvalue weighted by atomic mass is 16.5. The molecule has 5 nitrogen and oxygen atoms in total. The Kier molecular flexibility index (Phi) is 7.92. The van der Waals surface area contributed by atoms with E-state index in [1.54, 1.807) is 0 Å². The Hall–Kier alpha value is -1.33. The average Bonchev–Trinajstić information content (AvgIpc) is 2.41. The SMILES string of the molecule is CCCNc1cccc(NCCCOCCO)n1. The van der Waals surface area contributed by atoms with E-state index in [0.717, 1.165) is 37.6 Å². The second-order valence-corrected chi connectivity index (χ2v) is 3.95. The zero-order valence-electron chi connectivity index (χ0n) is 11.0. The zero-order chi connectivity index (χ0) is 13.1. The quantitative estimate of drug-likeness (QED) is 0.554. The standard InChI is InChI=1S/C13H23N3O2/c1-2-7-14-12-5-3-6-13(16-12)15-8-4-10-18-11-9-17/h3,5-6,17H,2,4,7-11H2,1H3,(H2,14,15,16). The predicted molar refractivity (Wildman–Crippen MR) is 74.0 cm³/mol. The summed E-state index contributed by atoms with van der Waals surface area (Å²) < 4.78 is 5.17. The fourth-order valence-corrected chi connectivity index (χ4v) is 1.44. The third-order valence-electron chi connectivity index (χ3n) is 2.31. The molecule has 0 spiro atoms. The molecule has 0 fully saturated rings. The van der Waals surface area contributed by atoms with Gasteiger partial charge >= 0.3 is 0 Å². The van der Waals surface area contributed by atoms with Crippen molar-refractivity contribution in [1.29, 1.82) is 0 Å². The Balaban J connectivity index is 2.20. The van der Waals surface area contributed by atoms with Gasteiger partial charge in [0.05, 0.1) is 13.2 Å². The van der Waals surface area contributed by atoms with Gasteiger partial charge in [-0.1, -0.05) is 13.0 Å². The molecule has 0 saturated carbocycles. The summed E-state index contributed by atoms with van der Waals surface area (Å²) in [4.78, 5) is 4.44. The maximum absolute atomic E-state index is 8.54. The van der Waals surface area contributed by atoms with Gasteiger partial charge in [0.15, 0.2) is 0 Å². The third kappa shape index (κ3) is 6.42. The number of hydrogen-bond acceptors (Lipinski definition) is 5. The Morgan fingerprint density at radius 3 is 2.56 bits per heavy atom. The molecule has 0 atom stereocenters. The highest BCUT2D eigenvalue weighted by Gasteiger charge is 1.96. The third-order valence-corrected chi connectivity index (χ3v) is 2.31. The lowest BCUT2D eigenvalue weighted by atomic mass is 10.4. The van der Waals surface area contributed by atoms with Crippen LogP contribution in [0.25, 0.3) is 0 Å². The first-order chi connectivity index (χ1) is 8.86. The number of pyridine rings is 1. The molecule has 0 radical (unpaired) electrons. The first-order valence-corrected chi connectivity index (χ1v) is 6.50. The Morgan fingerprint density at radius 1 is 1.17 bits per heavy atom. The predicted octanol–water partition coefficient (Wildman–Crippen LogP) is 1.71. The van der Waals surface area contributed by atoms with Crippen molar-refractivity contribution in [1.82, 2.24) is 4.98 Å². The number of aliphatic hydroxyl groups excluding tert-OH is 1. The smallest absolute Gasteiger partial charge is 0.128 e. The second kappa shape index (κ2) is 9.67. The molecule has 0 saturated heterocycles. The van der Waals surface area contributed by atoms with Gasteiger partial charge in [-0.25, -0.2) is 4.98 Å². The molecule has 0 aromatic carbocycles. The van der Waals surface area contributed by atoms with Crippen LogP contribution in [0.3, 0.4) is 0 Å². The fraction of sp³-hybridized carbons (Fsp3) is 0.615. The summed E-state index contributed by atoms with van der Waals surface area (Å²) >= 11 is 0. The Morgan fingerprint density at radius 2 is 1.89 bits per heavy atom. The van der Waals surface area contributed by atoms with E-state index >= 15 is 0 Å². The highest BCUT2D eigenvalue weighted by molar-refractivity contribution is 5.44. The molecule has 0 aliphatic carbocycles. The molecule has 0 amide bonds. The molecule has 102 valence electrons. The van der Waals surface area contributed by atoms with Crippen molar-refractivity contribution in [2.24, 2.45) is 0 Å². The van der Waals surface area contributed by atoms with E-state index in [4.69, 9.17) is 9.84 Å². The van der Waals surface area contributed by atoms with Gasteiger partial charge in [0, 0.05) is 19.7 Å². The number of nitrogens with one attached hydrogen (secondary N) is 2. The molecule has 0 aliphatic rings. The van der Waals surface area contributed by atoms with Crippen molar-refractivity contribution in [3.63, 3.8) is 0 Å². The van der Waals surface area contributed by atoms with Crippen LogP contribution in [0, 0.1) is 0 Å². The van der Waals surface area contributed by atoms with Gasteiger partial charge < -0.3 is 20.5 Å². The van der Waals surface area contributed by atoms with Crippen LogP contribution in [-0.2, 0) is 4.74 Å². The van der Waals surface area contributed by atoms with Gasteiger partial charge in [0.25, 0.3) is 0 Å².